The lowest BCUT2D eigenvalue weighted by Crippen LogP contribution is -2.38. The molecule has 0 spiro atoms. The average molecular weight is 414 g/mol. The minimum atomic E-state index is -4.55. The van der Waals surface area contributed by atoms with Gasteiger partial charge in [0.25, 0.3) is 0 Å². The molecule has 2 aromatic carbocycles. The molecule has 0 saturated heterocycles. The van der Waals surface area contributed by atoms with Crippen LogP contribution in [-0.2, 0) is 14.8 Å². The summed E-state index contributed by atoms with van der Waals surface area (Å²) in [5.41, 5.74) is 0.609. The monoisotopic (exact) mass is 414 g/mol. The number of ether oxygens (including phenoxy) is 2. The Morgan fingerprint density at radius 2 is 1.75 bits per heavy atom. The van der Waals surface area contributed by atoms with Crippen molar-refractivity contribution in [2.24, 2.45) is 0 Å². The van der Waals surface area contributed by atoms with E-state index in [-0.39, 0.29) is 0 Å². The molecule has 7 nitrogen and oxygen atoms in total. The highest BCUT2D eigenvalue weighted by Gasteiger charge is 2.24. The van der Waals surface area contributed by atoms with Gasteiger partial charge in [0, 0.05) is 5.56 Å². The van der Waals surface area contributed by atoms with E-state index < -0.39 is 45.0 Å². The van der Waals surface area contributed by atoms with Gasteiger partial charge in [-0.25, -0.2) is 21.9 Å². The predicted octanol–water partition coefficient (Wildman–Crippen LogP) is 2.14. The number of sulfonamides is 1. The highest BCUT2D eigenvalue weighted by molar-refractivity contribution is 7.89. The highest BCUT2D eigenvalue weighted by Crippen LogP contribution is 2.29. The van der Waals surface area contributed by atoms with Gasteiger partial charge >= 0.3 is 0 Å². The summed E-state index contributed by atoms with van der Waals surface area (Å²) >= 11 is 0. The lowest BCUT2D eigenvalue weighted by atomic mass is 10.1. The van der Waals surface area contributed by atoms with Gasteiger partial charge in [-0.3, -0.25) is 4.79 Å². The van der Waals surface area contributed by atoms with Crippen LogP contribution >= 0.6 is 0 Å². The molecule has 0 bridgehead atoms. The Balaban J connectivity index is 2.08. The molecule has 0 heterocycles. The van der Waals surface area contributed by atoms with Gasteiger partial charge < -0.3 is 14.8 Å². The summed E-state index contributed by atoms with van der Waals surface area (Å²) in [4.78, 5) is 11.0. The zero-order valence-corrected chi connectivity index (χ0v) is 16.3. The van der Waals surface area contributed by atoms with Crippen LogP contribution < -0.4 is 19.5 Å². The van der Waals surface area contributed by atoms with Gasteiger partial charge in [0.1, 0.15) is 23.1 Å². The van der Waals surface area contributed by atoms with E-state index in [1.165, 1.54) is 14.2 Å². The van der Waals surface area contributed by atoms with Crippen LogP contribution in [0.25, 0.3) is 0 Å². The van der Waals surface area contributed by atoms with Crippen LogP contribution in [-0.4, -0.2) is 35.1 Å². The molecule has 0 unspecified atom stereocenters. The Morgan fingerprint density at radius 1 is 1.11 bits per heavy atom. The molecule has 2 aromatic rings. The summed E-state index contributed by atoms with van der Waals surface area (Å²) in [7, 11) is -1.59. The van der Waals surface area contributed by atoms with Gasteiger partial charge in [0.05, 0.1) is 26.8 Å². The van der Waals surface area contributed by atoms with Gasteiger partial charge in [0.2, 0.25) is 15.9 Å². The van der Waals surface area contributed by atoms with Crippen molar-refractivity contribution in [1.82, 2.24) is 10.0 Å². The highest BCUT2D eigenvalue weighted by atomic mass is 32.2. The molecule has 0 aliphatic heterocycles. The van der Waals surface area contributed by atoms with E-state index in [4.69, 9.17) is 9.47 Å². The normalized spacial score (nSPS) is 12.3. The third kappa shape index (κ3) is 4.96. The number of halogens is 2. The first-order valence-corrected chi connectivity index (χ1v) is 9.63. The third-order valence-corrected chi connectivity index (χ3v) is 5.34. The van der Waals surface area contributed by atoms with Crippen LogP contribution in [0, 0.1) is 11.6 Å². The van der Waals surface area contributed by atoms with E-state index in [1.807, 2.05) is 4.72 Å². The van der Waals surface area contributed by atoms with E-state index in [2.05, 4.69) is 5.32 Å². The van der Waals surface area contributed by atoms with Gasteiger partial charge in [0.15, 0.2) is 4.90 Å². The maximum Gasteiger partial charge on any atom is 0.246 e. The molecule has 0 fully saturated rings. The van der Waals surface area contributed by atoms with Crippen LogP contribution in [0.5, 0.6) is 11.5 Å². The minimum Gasteiger partial charge on any atom is -0.497 e. The summed E-state index contributed by atoms with van der Waals surface area (Å²) < 4.78 is 63.8. The molecule has 0 saturated carbocycles. The van der Waals surface area contributed by atoms with E-state index in [0.29, 0.717) is 17.1 Å². The van der Waals surface area contributed by atoms with Crippen molar-refractivity contribution in [2.45, 2.75) is 17.9 Å². The average Bonchev–Trinajstić information content (AvgIpc) is 2.65. The molecular weight excluding hydrogens is 394 g/mol. The first kappa shape index (κ1) is 21.6. The van der Waals surface area contributed by atoms with Gasteiger partial charge in [-0.2, -0.15) is 0 Å². The van der Waals surface area contributed by atoms with Crippen LogP contribution in [0.3, 0.4) is 0 Å². The largest absolute Gasteiger partial charge is 0.497 e. The van der Waals surface area contributed by atoms with Crippen molar-refractivity contribution < 1.29 is 31.5 Å². The summed E-state index contributed by atoms with van der Waals surface area (Å²) in [5.74, 6) is -2.14. The zero-order chi connectivity index (χ0) is 20.9. The minimum absolute atomic E-state index is 0.502. The van der Waals surface area contributed by atoms with Crippen molar-refractivity contribution in [2.75, 3.05) is 20.8 Å². The van der Waals surface area contributed by atoms with E-state index in [0.717, 1.165) is 18.2 Å². The Morgan fingerprint density at radius 3 is 2.32 bits per heavy atom. The molecule has 0 aliphatic rings. The second kappa shape index (κ2) is 8.98. The van der Waals surface area contributed by atoms with Gasteiger partial charge in [-0.05, 0) is 37.3 Å². The Bertz CT molecular complexity index is 946. The first-order chi connectivity index (χ1) is 13.2. The van der Waals surface area contributed by atoms with Crippen molar-refractivity contribution in [3.8, 4) is 11.5 Å². The second-order valence-corrected chi connectivity index (χ2v) is 7.48. The fourth-order valence-corrected chi connectivity index (χ4v) is 3.64. The molecule has 1 amide bonds. The van der Waals surface area contributed by atoms with Crippen molar-refractivity contribution in [3.05, 3.63) is 53.6 Å². The van der Waals surface area contributed by atoms with Crippen molar-refractivity contribution in [3.63, 3.8) is 0 Å². The molecule has 28 heavy (non-hydrogen) atoms. The topological polar surface area (TPSA) is 93.7 Å². The smallest absolute Gasteiger partial charge is 0.246 e. The molecule has 10 heteroatoms. The number of hydrogen-bond acceptors (Lipinski definition) is 5. The number of carbonyl (C=O) groups is 1. The lowest BCUT2D eigenvalue weighted by molar-refractivity contribution is -0.120. The number of carbonyl (C=O) groups excluding carboxylic acids is 1. The summed E-state index contributed by atoms with van der Waals surface area (Å²) in [6, 6.07) is 7.15. The van der Waals surface area contributed by atoms with E-state index in [1.54, 1.807) is 25.1 Å². The Hall–Kier alpha value is -2.72. The van der Waals surface area contributed by atoms with Crippen LogP contribution in [0.15, 0.2) is 41.3 Å². The molecular formula is C18H20F2N2O5S. The number of amides is 1. The van der Waals surface area contributed by atoms with Crippen LogP contribution in [0.2, 0.25) is 0 Å². The number of rotatable bonds is 8. The first-order valence-electron chi connectivity index (χ1n) is 8.14. The van der Waals surface area contributed by atoms with Gasteiger partial charge in [-0.15, -0.1) is 0 Å². The molecule has 2 N–H and O–H groups in total. The summed E-state index contributed by atoms with van der Waals surface area (Å²) in [6.07, 6.45) is 0. The van der Waals surface area contributed by atoms with Crippen LogP contribution in [0.1, 0.15) is 18.5 Å². The quantitative estimate of drug-likeness (QED) is 0.690. The predicted molar refractivity (Wildman–Crippen MR) is 97.7 cm³/mol. The van der Waals surface area contributed by atoms with Crippen molar-refractivity contribution >= 4 is 15.9 Å². The molecule has 0 radical (unpaired) electrons. The summed E-state index contributed by atoms with van der Waals surface area (Å²) in [6.45, 7) is 0.965. The van der Waals surface area contributed by atoms with Crippen LogP contribution in [0.4, 0.5) is 8.78 Å². The van der Waals surface area contributed by atoms with Crippen molar-refractivity contribution in [1.29, 1.82) is 0 Å². The fourth-order valence-electron chi connectivity index (χ4n) is 2.52. The Kier molecular flexibility index (Phi) is 6.92. The number of methoxy groups -OCH3 is 2. The number of nitrogens with one attached hydrogen (secondary N) is 2. The standard InChI is InChI=1S/C18H20F2N2O5S/c1-11(13-9-12(26-2)7-8-16(13)27-3)22-17(23)10-21-28(24,25)18-14(19)5-4-6-15(18)20/h4-9,11,21H,10H2,1-3H3,(H,22,23)/t11-/m1/s1. The number of hydrogen-bond donors (Lipinski definition) is 2. The van der Waals surface area contributed by atoms with E-state index in [9.17, 15) is 22.0 Å². The molecule has 0 aliphatic carbocycles. The maximum atomic E-state index is 13.7. The summed E-state index contributed by atoms with van der Waals surface area (Å²) in [5, 5.41) is 2.59. The Labute approximate surface area is 161 Å². The fraction of sp³-hybridized carbons (Fsp3) is 0.278. The molecule has 152 valence electrons. The molecule has 0 aromatic heterocycles. The van der Waals surface area contributed by atoms with E-state index >= 15 is 0 Å². The maximum absolute atomic E-state index is 13.7. The SMILES string of the molecule is COc1ccc(OC)c([C@@H](C)NC(=O)CNS(=O)(=O)c2c(F)cccc2F)c1. The zero-order valence-electron chi connectivity index (χ0n) is 15.5. The lowest BCUT2D eigenvalue weighted by Gasteiger charge is -2.18. The molecule has 2 rings (SSSR count). The third-order valence-electron chi connectivity index (χ3n) is 3.89. The second-order valence-electron chi connectivity index (χ2n) is 5.77. The molecule has 1 atom stereocenters. The number of benzene rings is 2. The van der Waals surface area contributed by atoms with Gasteiger partial charge in [-0.1, -0.05) is 6.07 Å².